The second-order valence-corrected chi connectivity index (χ2v) is 6.28. The highest BCUT2D eigenvalue weighted by Gasteiger charge is 2.51. The van der Waals surface area contributed by atoms with Gasteiger partial charge >= 0.3 is 0 Å². The van der Waals surface area contributed by atoms with E-state index in [-0.39, 0.29) is 11.9 Å². The summed E-state index contributed by atoms with van der Waals surface area (Å²) in [5.74, 6) is 0.205. The Hall–Kier alpha value is -1.39. The van der Waals surface area contributed by atoms with Crippen LogP contribution in [0.2, 0.25) is 0 Å². The van der Waals surface area contributed by atoms with Gasteiger partial charge in [-0.25, -0.2) is 0 Å². The van der Waals surface area contributed by atoms with E-state index in [1.807, 2.05) is 42.2 Å². The van der Waals surface area contributed by atoms with Gasteiger partial charge in [-0.2, -0.15) is 0 Å². The second kappa shape index (κ2) is 5.78. The molecule has 0 radical (unpaired) electrons. The number of likely N-dealkylation sites (tertiary alicyclic amines) is 1. The van der Waals surface area contributed by atoms with Gasteiger partial charge in [0.2, 0.25) is 5.91 Å². The minimum Gasteiger partial charge on any atom is -0.391 e. The summed E-state index contributed by atoms with van der Waals surface area (Å²) in [7, 11) is 0. The molecular weight excluding hydrogens is 264 g/mol. The van der Waals surface area contributed by atoms with Gasteiger partial charge in [-0.3, -0.25) is 4.79 Å². The predicted octanol–water partition coefficient (Wildman–Crippen LogP) is 1.71. The van der Waals surface area contributed by atoms with E-state index in [0.717, 1.165) is 24.9 Å². The number of nitrogens with zero attached hydrogens (tertiary/aromatic N) is 1. The number of benzene rings is 1. The molecule has 2 saturated heterocycles. The van der Waals surface area contributed by atoms with E-state index < -0.39 is 11.5 Å². The van der Waals surface area contributed by atoms with Gasteiger partial charge in [0, 0.05) is 13.1 Å². The zero-order valence-electron chi connectivity index (χ0n) is 12.6. The molecule has 1 aromatic rings. The van der Waals surface area contributed by atoms with Gasteiger partial charge in [-0.15, -0.1) is 0 Å². The summed E-state index contributed by atoms with van der Waals surface area (Å²) < 4.78 is 0. The number of hydrogen-bond donors (Lipinski definition) is 2. The van der Waals surface area contributed by atoms with E-state index in [0.29, 0.717) is 19.5 Å². The molecule has 0 unspecified atom stereocenters. The highest BCUT2D eigenvalue weighted by molar-refractivity contribution is 5.84. The molecule has 2 heterocycles. The SMILES string of the molecule is CCN1C(=O)[C@@]2(CCCNC2)C[C@@H](O)[C@@H]1c1ccccc1. The van der Waals surface area contributed by atoms with Crippen LogP contribution in [0.25, 0.3) is 0 Å². The normalized spacial score (nSPS) is 33.4. The molecule has 4 nitrogen and oxygen atoms in total. The van der Waals surface area contributed by atoms with Crippen molar-refractivity contribution < 1.29 is 9.90 Å². The van der Waals surface area contributed by atoms with Crippen LogP contribution in [0, 0.1) is 5.41 Å². The van der Waals surface area contributed by atoms with E-state index in [4.69, 9.17) is 0 Å². The van der Waals surface area contributed by atoms with Crippen LogP contribution in [0.15, 0.2) is 30.3 Å². The Kier molecular flexibility index (Phi) is 4.00. The van der Waals surface area contributed by atoms with E-state index in [9.17, 15) is 9.90 Å². The topological polar surface area (TPSA) is 52.6 Å². The summed E-state index contributed by atoms with van der Waals surface area (Å²) in [4.78, 5) is 14.9. The van der Waals surface area contributed by atoms with E-state index in [1.165, 1.54) is 0 Å². The molecule has 2 N–H and O–H groups in total. The monoisotopic (exact) mass is 288 g/mol. The van der Waals surface area contributed by atoms with Crippen molar-refractivity contribution in [2.45, 2.75) is 38.3 Å². The van der Waals surface area contributed by atoms with Crippen molar-refractivity contribution in [2.24, 2.45) is 5.41 Å². The summed E-state index contributed by atoms with van der Waals surface area (Å²) in [6.45, 7) is 4.30. The molecule has 3 atom stereocenters. The molecule has 3 rings (SSSR count). The number of amides is 1. The highest BCUT2D eigenvalue weighted by Crippen LogP contribution is 2.44. The fourth-order valence-electron chi connectivity index (χ4n) is 3.96. The summed E-state index contributed by atoms with van der Waals surface area (Å²) in [6.07, 6.45) is 1.96. The van der Waals surface area contributed by atoms with Crippen LogP contribution in [0.4, 0.5) is 0 Å². The van der Waals surface area contributed by atoms with E-state index in [1.54, 1.807) is 0 Å². The number of carbonyl (C=O) groups is 1. The molecule has 2 aliphatic heterocycles. The predicted molar refractivity (Wildman–Crippen MR) is 81.7 cm³/mol. The lowest BCUT2D eigenvalue weighted by atomic mass is 9.70. The zero-order valence-corrected chi connectivity index (χ0v) is 12.6. The van der Waals surface area contributed by atoms with E-state index >= 15 is 0 Å². The molecule has 0 saturated carbocycles. The van der Waals surface area contributed by atoms with Crippen LogP contribution in [0.3, 0.4) is 0 Å². The summed E-state index contributed by atoms with van der Waals surface area (Å²) in [5.41, 5.74) is 0.623. The van der Waals surface area contributed by atoms with Crippen molar-refractivity contribution in [3.8, 4) is 0 Å². The molecule has 0 aromatic heterocycles. The average Bonchev–Trinajstić information content (AvgIpc) is 2.52. The van der Waals surface area contributed by atoms with Gasteiger partial charge in [0.1, 0.15) is 0 Å². The quantitative estimate of drug-likeness (QED) is 0.871. The molecule has 0 bridgehead atoms. The molecule has 1 aromatic carbocycles. The third kappa shape index (κ3) is 2.47. The number of rotatable bonds is 2. The number of piperidine rings is 2. The van der Waals surface area contributed by atoms with Crippen molar-refractivity contribution >= 4 is 5.91 Å². The van der Waals surface area contributed by atoms with Gasteiger partial charge < -0.3 is 15.3 Å². The Bertz CT molecular complexity index is 497. The Morgan fingerprint density at radius 3 is 2.76 bits per heavy atom. The molecular formula is C17H24N2O2. The lowest BCUT2D eigenvalue weighted by Crippen LogP contribution is -2.60. The van der Waals surface area contributed by atoms with Gasteiger partial charge in [-0.05, 0) is 38.3 Å². The average molecular weight is 288 g/mol. The molecule has 114 valence electrons. The first-order valence-electron chi connectivity index (χ1n) is 7.93. The molecule has 2 aliphatic rings. The first kappa shape index (κ1) is 14.5. The third-order valence-electron chi connectivity index (χ3n) is 4.97. The lowest BCUT2D eigenvalue weighted by molar-refractivity contribution is -0.161. The molecule has 4 heteroatoms. The first-order chi connectivity index (χ1) is 10.2. The standard InChI is InChI=1S/C17H24N2O2/c1-2-19-15(13-7-4-3-5-8-13)14(20)11-17(16(19)21)9-6-10-18-12-17/h3-5,7-8,14-15,18,20H,2,6,9-12H2,1H3/t14-,15+,17+/m1/s1. The van der Waals surface area contributed by atoms with Crippen LogP contribution in [-0.4, -0.2) is 41.7 Å². The van der Waals surface area contributed by atoms with Crippen LogP contribution >= 0.6 is 0 Å². The van der Waals surface area contributed by atoms with Crippen LogP contribution in [0.5, 0.6) is 0 Å². The van der Waals surface area contributed by atoms with Crippen molar-refractivity contribution in [1.29, 1.82) is 0 Å². The third-order valence-corrected chi connectivity index (χ3v) is 4.97. The largest absolute Gasteiger partial charge is 0.391 e. The summed E-state index contributed by atoms with van der Waals surface area (Å²) in [6, 6.07) is 9.68. The minimum absolute atomic E-state index is 0.205. The molecule has 1 amide bonds. The lowest BCUT2D eigenvalue weighted by Gasteiger charge is -2.50. The van der Waals surface area contributed by atoms with Crippen LogP contribution in [0.1, 0.15) is 37.8 Å². The van der Waals surface area contributed by atoms with Crippen molar-refractivity contribution in [3.63, 3.8) is 0 Å². The molecule has 0 aliphatic carbocycles. The number of likely N-dealkylation sites (N-methyl/N-ethyl adjacent to an activating group) is 1. The van der Waals surface area contributed by atoms with Crippen molar-refractivity contribution in [3.05, 3.63) is 35.9 Å². The Morgan fingerprint density at radius 1 is 1.38 bits per heavy atom. The molecule has 1 spiro atoms. The Labute approximate surface area is 126 Å². The van der Waals surface area contributed by atoms with Crippen LogP contribution < -0.4 is 5.32 Å². The first-order valence-corrected chi connectivity index (χ1v) is 7.93. The Balaban J connectivity index is 1.93. The van der Waals surface area contributed by atoms with Crippen molar-refractivity contribution in [1.82, 2.24) is 10.2 Å². The Morgan fingerprint density at radius 2 is 2.14 bits per heavy atom. The molecule has 2 fully saturated rings. The van der Waals surface area contributed by atoms with Gasteiger partial charge in [0.25, 0.3) is 0 Å². The maximum atomic E-state index is 13.0. The summed E-state index contributed by atoms with van der Waals surface area (Å²) in [5, 5.41) is 14.1. The molecule has 21 heavy (non-hydrogen) atoms. The number of carbonyl (C=O) groups excluding carboxylic acids is 1. The van der Waals surface area contributed by atoms with Crippen LogP contribution in [-0.2, 0) is 4.79 Å². The zero-order chi connectivity index (χ0) is 14.9. The maximum absolute atomic E-state index is 13.0. The minimum atomic E-state index is -0.495. The number of aliphatic hydroxyl groups excluding tert-OH is 1. The number of aliphatic hydroxyl groups is 1. The number of hydrogen-bond acceptors (Lipinski definition) is 3. The van der Waals surface area contributed by atoms with Gasteiger partial charge in [0.05, 0.1) is 17.6 Å². The fourth-order valence-corrected chi connectivity index (χ4v) is 3.96. The van der Waals surface area contributed by atoms with E-state index in [2.05, 4.69) is 5.32 Å². The maximum Gasteiger partial charge on any atom is 0.230 e. The van der Waals surface area contributed by atoms with Crippen molar-refractivity contribution in [2.75, 3.05) is 19.6 Å². The highest BCUT2D eigenvalue weighted by atomic mass is 16.3. The number of nitrogens with one attached hydrogen (secondary N) is 1. The van der Waals surface area contributed by atoms with Gasteiger partial charge in [-0.1, -0.05) is 30.3 Å². The smallest absolute Gasteiger partial charge is 0.230 e. The fraction of sp³-hybridized carbons (Fsp3) is 0.588. The summed E-state index contributed by atoms with van der Waals surface area (Å²) >= 11 is 0. The van der Waals surface area contributed by atoms with Gasteiger partial charge in [0.15, 0.2) is 0 Å². The second-order valence-electron chi connectivity index (χ2n) is 6.28.